The van der Waals surface area contributed by atoms with Gasteiger partial charge in [0.1, 0.15) is 10.2 Å². The highest BCUT2D eigenvalue weighted by molar-refractivity contribution is 9.10. The Labute approximate surface area is 151 Å². The second kappa shape index (κ2) is 7.64. The molecule has 1 unspecified atom stereocenters. The summed E-state index contributed by atoms with van der Waals surface area (Å²) in [5.41, 5.74) is 1.25. The maximum atomic E-state index is 12.3. The van der Waals surface area contributed by atoms with E-state index in [9.17, 15) is 9.59 Å². The minimum absolute atomic E-state index is 0.0514. The zero-order valence-electron chi connectivity index (χ0n) is 14.7. The van der Waals surface area contributed by atoms with Gasteiger partial charge in [0.05, 0.1) is 0 Å². The Bertz CT molecular complexity index is 625. The van der Waals surface area contributed by atoms with Gasteiger partial charge in [0.2, 0.25) is 0 Å². The third-order valence-corrected chi connectivity index (χ3v) is 4.61. The first-order valence-corrected chi connectivity index (χ1v) is 9.12. The largest absolute Gasteiger partial charge is 0.444 e. The summed E-state index contributed by atoms with van der Waals surface area (Å²) in [6.45, 7) is 8.06. The molecule has 6 heteroatoms. The molecule has 1 saturated carbocycles. The average Bonchev–Trinajstić information content (AvgIpc) is 3.18. The Morgan fingerprint density at radius 2 is 2.08 bits per heavy atom. The number of hydrogen-bond donors (Lipinski definition) is 1. The van der Waals surface area contributed by atoms with Crippen molar-refractivity contribution in [3.63, 3.8) is 0 Å². The molecule has 0 aromatic carbocycles. The Balaban J connectivity index is 1.80. The van der Waals surface area contributed by atoms with Crippen LogP contribution < -0.4 is 5.32 Å². The van der Waals surface area contributed by atoms with Crippen LogP contribution in [0.5, 0.6) is 0 Å². The predicted molar refractivity (Wildman–Crippen MR) is 96.3 cm³/mol. The molecule has 1 amide bonds. The van der Waals surface area contributed by atoms with Crippen molar-refractivity contribution in [1.29, 1.82) is 0 Å². The Morgan fingerprint density at radius 1 is 1.42 bits per heavy atom. The molecule has 1 heterocycles. The molecule has 1 fully saturated rings. The van der Waals surface area contributed by atoms with E-state index in [2.05, 4.69) is 33.2 Å². The third kappa shape index (κ3) is 5.58. The molecule has 0 bridgehead atoms. The molecule has 1 aromatic heterocycles. The highest BCUT2D eigenvalue weighted by atomic mass is 79.9. The number of rotatable bonds is 6. The SMILES string of the molecule is CC1C[C@@H]1c1cc(C(=O)CCCNC(=O)OC(C)(C)C)cnc1Br. The lowest BCUT2D eigenvalue weighted by atomic mass is 10.0. The van der Waals surface area contributed by atoms with E-state index in [1.54, 1.807) is 6.20 Å². The van der Waals surface area contributed by atoms with E-state index >= 15 is 0 Å². The van der Waals surface area contributed by atoms with Gasteiger partial charge < -0.3 is 10.1 Å². The maximum Gasteiger partial charge on any atom is 0.407 e. The summed E-state index contributed by atoms with van der Waals surface area (Å²) in [7, 11) is 0. The summed E-state index contributed by atoms with van der Waals surface area (Å²) in [5.74, 6) is 1.22. The molecule has 0 radical (unpaired) electrons. The summed E-state index contributed by atoms with van der Waals surface area (Å²) in [4.78, 5) is 28.1. The van der Waals surface area contributed by atoms with E-state index in [0.717, 1.165) is 16.6 Å². The molecule has 1 aliphatic rings. The zero-order valence-corrected chi connectivity index (χ0v) is 16.3. The fourth-order valence-electron chi connectivity index (χ4n) is 2.53. The van der Waals surface area contributed by atoms with Crippen LogP contribution in [0.3, 0.4) is 0 Å². The Morgan fingerprint density at radius 3 is 2.67 bits per heavy atom. The number of Topliss-reactive ketones (excluding diaryl/α,β-unsaturated/α-hetero) is 1. The van der Waals surface area contributed by atoms with Gasteiger partial charge in [-0.1, -0.05) is 6.92 Å². The second-order valence-corrected chi connectivity index (χ2v) is 8.13. The molecule has 0 spiro atoms. The van der Waals surface area contributed by atoms with Gasteiger partial charge in [0.25, 0.3) is 0 Å². The van der Waals surface area contributed by atoms with Crippen molar-refractivity contribution >= 4 is 27.8 Å². The molecule has 24 heavy (non-hydrogen) atoms. The predicted octanol–water partition coefficient (Wildman–Crippen LogP) is 4.46. The lowest BCUT2D eigenvalue weighted by Gasteiger charge is -2.19. The number of ether oxygens (including phenoxy) is 1. The number of carbonyl (C=O) groups is 2. The van der Waals surface area contributed by atoms with Gasteiger partial charge in [-0.05, 0) is 73.0 Å². The highest BCUT2D eigenvalue weighted by Gasteiger charge is 2.36. The number of halogens is 1. The zero-order chi connectivity index (χ0) is 17.9. The van der Waals surface area contributed by atoms with Gasteiger partial charge in [-0.25, -0.2) is 9.78 Å². The van der Waals surface area contributed by atoms with E-state index in [1.807, 2.05) is 26.8 Å². The smallest absolute Gasteiger partial charge is 0.407 e. The second-order valence-electron chi connectivity index (χ2n) is 7.38. The van der Waals surface area contributed by atoms with E-state index in [0.29, 0.717) is 36.8 Å². The van der Waals surface area contributed by atoms with Crippen molar-refractivity contribution in [2.45, 2.75) is 58.5 Å². The molecular formula is C18H25BrN2O3. The van der Waals surface area contributed by atoms with Crippen molar-refractivity contribution in [2.24, 2.45) is 5.92 Å². The number of aromatic nitrogens is 1. The van der Waals surface area contributed by atoms with Crippen LogP contribution in [0.4, 0.5) is 4.79 Å². The minimum atomic E-state index is -0.515. The van der Waals surface area contributed by atoms with Gasteiger partial charge in [0, 0.05) is 24.7 Å². The average molecular weight is 397 g/mol. The van der Waals surface area contributed by atoms with Crippen LogP contribution in [0.2, 0.25) is 0 Å². The van der Waals surface area contributed by atoms with E-state index < -0.39 is 11.7 Å². The van der Waals surface area contributed by atoms with Crippen molar-refractivity contribution in [1.82, 2.24) is 10.3 Å². The number of hydrogen-bond acceptors (Lipinski definition) is 4. The van der Waals surface area contributed by atoms with Crippen molar-refractivity contribution in [2.75, 3.05) is 6.54 Å². The first-order valence-electron chi connectivity index (χ1n) is 8.33. The molecule has 5 nitrogen and oxygen atoms in total. The van der Waals surface area contributed by atoms with E-state index in [-0.39, 0.29) is 5.78 Å². The van der Waals surface area contributed by atoms with E-state index in [1.165, 1.54) is 0 Å². The topological polar surface area (TPSA) is 68.3 Å². The Kier molecular flexibility index (Phi) is 6.01. The molecule has 1 aliphatic carbocycles. The fraction of sp³-hybridized carbons (Fsp3) is 0.611. The summed E-state index contributed by atoms with van der Waals surface area (Å²) >= 11 is 3.47. The van der Waals surface area contributed by atoms with Crippen LogP contribution in [-0.4, -0.2) is 29.0 Å². The number of amides is 1. The van der Waals surface area contributed by atoms with Crippen LogP contribution in [0, 0.1) is 5.92 Å². The molecule has 2 rings (SSSR count). The molecule has 1 aromatic rings. The quantitative estimate of drug-likeness (QED) is 0.437. The number of nitrogens with zero attached hydrogens (tertiary/aromatic N) is 1. The summed E-state index contributed by atoms with van der Waals surface area (Å²) in [6.07, 6.45) is 3.26. The summed E-state index contributed by atoms with van der Waals surface area (Å²) in [6, 6.07) is 1.95. The maximum absolute atomic E-state index is 12.3. The number of alkyl carbamates (subject to hydrolysis) is 1. The van der Waals surface area contributed by atoms with Crippen LogP contribution >= 0.6 is 15.9 Å². The molecule has 0 aliphatic heterocycles. The number of nitrogens with one attached hydrogen (secondary N) is 1. The molecule has 1 N–H and O–H groups in total. The lowest BCUT2D eigenvalue weighted by Crippen LogP contribution is -2.33. The van der Waals surface area contributed by atoms with E-state index in [4.69, 9.17) is 4.74 Å². The standard InChI is InChI=1S/C18H25BrN2O3/c1-11-8-13(11)14-9-12(10-21-16(14)19)15(22)6-5-7-20-17(23)24-18(2,3)4/h9-11,13H,5-8H2,1-4H3,(H,20,23)/t11?,13-/m0/s1. The molecule has 132 valence electrons. The van der Waals surface area contributed by atoms with Gasteiger partial charge in [-0.15, -0.1) is 0 Å². The lowest BCUT2D eigenvalue weighted by molar-refractivity contribution is 0.0525. The highest BCUT2D eigenvalue weighted by Crippen LogP contribution is 2.48. The summed E-state index contributed by atoms with van der Waals surface area (Å²) < 4.78 is 5.98. The van der Waals surface area contributed by atoms with Crippen molar-refractivity contribution in [3.05, 3.63) is 28.0 Å². The van der Waals surface area contributed by atoms with Crippen LogP contribution in [0.1, 0.15) is 68.8 Å². The van der Waals surface area contributed by atoms with Crippen LogP contribution in [-0.2, 0) is 4.74 Å². The first kappa shape index (κ1) is 18.9. The van der Waals surface area contributed by atoms with Crippen molar-refractivity contribution in [3.8, 4) is 0 Å². The van der Waals surface area contributed by atoms with Gasteiger partial charge in [0.15, 0.2) is 5.78 Å². The number of carbonyl (C=O) groups excluding carboxylic acids is 2. The van der Waals surface area contributed by atoms with Gasteiger partial charge in [-0.3, -0.25) is 4.79 Å². The van der Waals surface area contributed by atoms with Gasteiger partial charge in [-0.2, -0.15) is 0 Å². The van der Waals surface area contributed by atoms with Crippen LogP contribution in [0.25, 0.3) is 0 Å². The first-order chi connectivity index (χ1) is 11.2. The fourth-order valence-corrected chi connectivity index (χ4v) is 3.04. The minimum Gasteiger partial charge on any atom is -0.444 e. The number of pyridine rings is 1. The molecule has 2 atom stereocenters. The monoisotopic (exact) mass is 396 g/mol. The normalized spacial score (nSPS) is 19.7. The Hall–Kier alpha value is -1.43. The molecule has 0 saturated heterocycles. The summed E-state index contributed by atoms with van der Waals surface area (Å²) in [5, 5.41) is 2.66. The van der Waals surface area contributed by atoms with Crippen molar-refractivity contribution < 1.29 is 14.3 Å². The molecular weight excluding hydrogens is 372 g/mol. The third-order valence-electron chi connectivity index (χ3n) is 3.95. The number of ketones is 1. The van der Waals surface area contributed by atoms with Gasteiger partial charge >= 0.3 is 6.09 Å². The van der Waals surface area contributed by atoms with Crippen LogP contribution in [0.15, 0.2) is 16.9 Å².